The third-order valence-corrected chi connectivity index (χ3v) is 12.4. The number of rotatable bonds is 18. The number of amides is 4. The van der Waals surface area contributed by atoms with Gasteiger partial charge in [0.2, 0.25) is 11.8 Å². The van der Waals surface area contributed by atoms with Crippen LogP contribution < -0.4 is 15.4 Å². The van der Waals surface area contributed by atoms with Crippen molar-refractivity contribution in [1.29, 1.82) is 0 Å². The van der Waals surface area contributed by atoms with Crippen LogP contribution in [-0.2, 0) is 43.5 Å². The molecular weight excluding hydrogens is 853 g/mol. The molecule has 1 saturated carbocycles. The van der Waals surface area contributed by atoms with Crippen molar-refractivity contribution < 1.29 is 38.1 Å². The summed E-state index contributed by atoms with van der Waals surface area (Å²) in [5.41, 5.74) is 8.20. The number of imidazole rings is 2. The molecule has 2 aliphatic rings. The number of hydrogen-bond acceptors (Lipinski definition) is 10. The zero-order valence-corrected chi connectivity index (χ0v) is 39.2. The molecule has 16 heteroatoms. The first kappa shape index (κ1) is 46.6. The fourth-order valence-corrected chi connectivity index (χ4v) is 8.99. The number of carbonyl (C=O) groups is 4. The highest BCUT2D eigenvalue weighted by Crippen LogP contribution is 2.46. The highest BCUT2D eigenvalue weighted by molar-refractivity contribution is 6.07. The third kappa shape index (κ3) is 10.2. The Balaban J connectivity index is 1.06. The Hall–Kier alpha value is -6.94. The fourth-order valence-electron chi connectivity index (χ4n) is 8.99. The second-order valence-corrected chi connectivity index (χ2v) is 18.0. The third-order valence-electron chi connectivity index (χ3n) is 12.4. The number of fused-ring (bicyclic) bond motifs is 6. The average molecular weight is 913 g/mol. The smallest absolute Gasteiger partial charge is 0.407 e. The van der Waals surface area contributed by atoms with E-state index in [-0.39, 0.29) is 36.7 Å². The Labute approximate surface area is 390 Å². The van der Waals surface area contributed by atoms with Crippen LogP contribution in [0.3, 0.4) is 0 Å². The highest BCUT2D eigenvalue weighted by Gasteiger charge is 2.34. The highest BCUT2D eigenvalue weighted by atomic mass is 16.5. The number of aromatic amines is 2. The lowest BCUT2D eigenvalue weighted by Gasteiger charge is -2.29. The molecular formula is C51H60N8O8. The molecule has 1 aliphatic carbocycles. The molecule has 352 valence electrons. The van der Waals surface area contributed by atoms with Crippen LogP contribution >= 0.6 is 0 Å². The molecule has 0 spiro atoms. The molecule has 4 amide bonds. The van der Waals surface area contributed by atoms with Gasteiger partial charge in [-0.25, -0.2) is 19.6 Å². The molecule has 0 unspecified atom stereocenters. The molecule has 4 aromatic carbocycles. The maximum absolute atomic E-state index is 14.4. The molecule has 2 aromatic heterocycles. The van der Waals surface area contributed by atoms with Crippen LogP contribution in [0, 0.1) is 11.8 Å². The summed E-state index contributed by atoms with van der Waals surface area (Å²) in [5.74, 6) is 1.76. The van der Waals surface area contributed by atoms with E-state index in [4.69, 9.17) is 28.9 Å². The molecule has 4 N–H and O–H groups in total. The second-order valence-electron chi connectivity index (χ2n) is 18.0. The van der Waals surface area contributed by atoms with Gasteiger partial charge in [-0.2, -0.15) is 0 Å². The van der Waals surface area contributed by atoms with Gasteiger partial charge >= 0.3 is 12.2 Å². The minimum Gasteiger partial charge on any atom is -0.488 e. The lowest BCUT2D eigenvalue weighted by molar-refractivity contribution is -0.135. The zero-order valence-electron chi connectivity index (χ0n) is 39.2. The summed E-state index contributed by atoms with van der Waals surface area (Å²) >= 11 is 0. The standard InChI is InChI=1S/C51H60N8O8/c1-8-20-58(48(60)43(29(2)3)56-50(62)65-6)25-41-52-39-19-17-33-22-38-36-18-16-34(21-35(36)28-67-40(38)23-37(33)47(39)55-41)45-44(32-14-15-32)53-42(54-45)26-59(24-30(4)27-64-5)49(61)46(57-51(63)66-7)31-12-10-9-11-13-31/h9-13,16-19,21-23,29-30,32,43,46H,8,14-15,20,24-28H2,1-7H3,(H,52,55)(H,53,54)(H,56,62)(H,57,63)/t30-,43-,46+/m0/s1. The van der Waals surface area contributed by atoms with Gasteiger partial charge in [0.25, 0.3) is 0 Å². The van der Waals surface area contributed by atoms with Crippen LogP contribution in [0.2, 0.25) is 0 Å². The van der Waals surface area contributed by atoms with E-state index in [1.165, 1.54) is 14.2 Å². The number of ether oxygens (including phenoxy) is 4. The number of aromatic nitrogens is 4. The first-order valence-corrected chi connectivity index (χ1v) is 23.0. The van der Waals surface area contributed by atoms with E-state index in [2.05, 4.69) is 50.9 Å². The van der Waals surface area contributed by atoms with Crippen LogP contribution in [0.5, 0.6) is 5.75 Å². The average Bonchev–Trinajstić information content (AvgIpc) is 3.96. The van der Waals surface area contributed by atoms with Crippen LogP contribution in [0.25, 0.3) is 44.2 Å². The summed E-state index contributed by atoms with van der Waals surface area (Å²) < 4.78 is 21.7. The van der Waals surface area contributed by atoms with Crippen LogP contribution in [0.1, 0.15) is 87.4 Å². The van der Waals surface area contributed by atoms with E-state index in [0.717, 1.165) is 80.5 Å². The number of benzene rings is 4. The number of hydrogen-bond donors (Lipinski definition) is 4. The van der Waals surface area contributed by atoms with Crippen molar-refractivity contribution in [1.82, 2.24) is 40.4 Å². The number of nitrogens with zero attached hydrogens (tertiary/aromatic N) is 4. The molecule has 0 bridgehead atoms. The van der Waals surface area contributed by atoms with E-state index in [1.807, 2.05) is 70.2 Å². The quantitative estimate of drug-likeness (QED) is 0.0651. The summed E-state index contributed by atoms with van der Waals surface area (Å²) in [7, 11) is 4.20. The first-order valence-electron chi connectivity index (χ1n) is 23.0. The predicted molar refractivity (Wildman–Crippen MR) is 254 cm³/mol. The molecule has 6 aromatic rings. The van der Waals surface area contributed by atoms with E-state index >= 15 is 0 Å². The van der Waals surface area contributed by atoms with Crippen molar-refractivity contribution in [3.63, 3.8) is 0 Å². The van der Waals surface area contributed by atoms with Gasteiger partial charge in [0.1, 0.15) is 36.1 Å². The van der Waals surface area contributed by atoms with E-state index in [9.17, 15) is 19.2 Å². The predicted octanol–water partition coefficient (Wildman–Crippen LogP) is 8.37. The van der Waals surface area contributed by atoms with Crippen LogP contribution in [-0.4, -0.2) is 101 Å². The number of carbonyl (C=O) groups excluding carboxylic acids is 4. The van der Waals surface area contributed by atoms with E-state index < -0.39 is 24.3 Å². The minimum atomic E-state index is -0.968. The van der Waals surface area contributed by atoms with Crippen molar-refractivity contribution >= 4 is 45.8 Å². The molecule has 0 radical (unpaired) electrons. The number of methoxy groups -OCH3 is 3. The Morgan fingerprint density at radius 1 is 0.821 bits per heavy atom. The normalized spacial score (nSPS) is 14.4. The van der Waals surface area contributed by atoms with Gasteiger partial charge in [-0.3, -0.25) is 9.59 Å². The topological polar surface area (TPSA) is 193 Å². The minimum absolute atomic E-state index is 0.00453. The summed E-state index contributed by atoms with van der Waals surface area (Å²) in [4.78, 5) is 73.5. The molecule has 16 nitrogen and oxygen atoms in total. The number of alkyl carbamates (subject to hydrolysis) is 2. The fraction of sp³-hybridized carbons (Fsp3) is 0.412. The molecule has 0 saturated heterocycles. The van der Waals surface area contributed by atoms with Gasteiger partial charge in [-0.1, -0.05) is 76.2 Å². The van der Waals surface area contributed by atoms with Crippen molar-refractivity contribution in [2.75, 3.05) is 41.0 Å². The SMILES string of the molecule is CCCN(Cc1nc2c(ccc3cc4c(cc32)OCc2cc(-c3nc(CN(C[C@H](C)COC)C(=O)[C@H](NC(=O)OC)c5ccccc5)[nH]c3C3CC3)ccc2-4)[nH]1)C(=O)[C@@H](NC(=O)OC)C(C)C. The first-order chi connectivity index (χ1) is 32.4. The molecule has 67 heavy (non-hydrogen) atoms. The summed E-state index contributed by atoms with van der Waals surface area (Å²) in [5, 5.41) is 7.38. The number of nitrogens with one attached hydrogen (secondary N) is 4. The van der Waals surface area contributed by atoms with Gasteiger partial charge in [0, 0.05) is 48.3 Å². The monoisotopic (exact) mass is 912 g/mol. The second kappa shape index (κ2) is 20.3. The molecule has 3 atom stereocenters. The van der Waals surface area contributed by atoms with Crippen molar-refractivity contribution in [3.05, 3.63) is 101 Å². The maximum atomic E-state index is 14.4. The Bertz CT molecular complexity index is 2760. The summed E-state index contributed by atoms with van der Waals surface area (Å²) in [6, 6.07) is 22.1. The van der Waals surface area contributed by atoms with E-state index in [0.29, 0.717) is 49.4 Å². The van der Waals surface area contributed by atoms with Gasteiger partial charge in [-0.15, -0.1) is 0 Å². The van der Waals surface area contributed by atoms with Crippen molar-refractivity contribution in [2.45, 2.75) is 84.7 Å². The largest absolute Gasteiger partial charge is 0.488 e. The molecule has 1 aliphatic heterocycles. The van der Waals surface area contributed by atoms with Crippen molar-refractivity contribution in [2.24, 2.45) is 11.8 Å². The van der Waals surface area contributed by atoms with Crippen LogP contribution in [0.4, 0.5) is 9.59 Å². The Morgan fingerprint density at radius 3 is 2.25 bits per heavy atom. The van der Waals surface area contributed by atoms with Crippen LogP contribution in [0.15, 0.2) is 72.8 Å². The van der Waals surface area contributed by atoms with E-state index in [1.54, 1.807) is 16.9 Å². The maximum Gasteiger partial charge on any atom is 0.407 e. The van der Waals surface area contributed by atoms with Gasteiger partial charge < -0.3 is 49.3 Å². The zero-order chi connectivity index (χ0) is 47.4. The molecule has 3 heterocycles. The Morgan fingerprint density at radius 2 is 1.55 bits per heavy atom. The Kier molecular flexibility index (Phi) is 14.1. The van der Waals surface area contributed by atoms with Gasteiger partial charge in [-0.05, 0) is 77.4 Å². The number of H-pyrrole nitrogens is 2. The molecule has 8 rings (SSSR count). The summed E-state index contributed by atoms with van der Waals surface area (Å²) in [6.07, 6.45) is 1.48. The molecule has 1 fully saturated rings. The van der Waals surface area contributed by atoms with Gasteiger partial charge in [0.05, 0.1) is 50.6 Å². The van der Waals surface area contributed by atoms with Gasteiger partial charge in [0.15, 0.2) is 0 Å². The van der Waals surface area contributed by atoms with Crippen molar-refractivity contribution in [3.8, 4) is 28.1 Å². The lowest BCUT2D eigenvalue weighted by atomic mass is 9.92. The summed E-state index contributed by atoms with van der Waals surface area (Å²) in [6.45, 7) is 9.93. The lowest BCUT2D eigenvalue weighted by Crippen LogP contribution is -2.51.